The number of phenolic OH excluding ortho intramolecular Hbond substituents is 1. The van der Waals surface area contributed by atoms with Crippen LogP contribution < -0.4 is 14.4 Å². The Morgan fingerprint density at radius 1 is 0.974 bits per heavy atom. The summed E-state index contributed by atoms with van der Waals surface area (Å²) in [7, 11) is -3.99. The first-order valence-electron chi connectivity index (χ1n) is 12.2. The third-order valence-electron chi connectivity index (χ3n) is 6.22. The summed E-state index contributed by atoms with van der Waals surface area (Å²) in [5.74, 6) is -1.68. The van der Waals surface area contributed by atoms with E-state index in [0.29, 0.717) is 20.2 Å². The first kappa shape index (κ1) is 29.1. The molecule has 0 saturated heterocycles. The first-order chi connectivity index (χ1) is 18.5. The zero-order valence-corrected chi connectivity index (χ0v) is 24.6. The standard InChI is InChI=1S/C27H26Br2N2O7S/c28-21-13-19(31(16-25(33)34)27(35)17-7-3-1-4-8-17)14-22(29)26(21)38-20-11-12-23(32)24(15-20)39(36,37)30-18-9-5-2-6-10-18/h1,3-4,7-8,11-15,18,30,32H,2,5-6,9-10,16H2,(H,33,34). The van der Waals surface area contributed by atoms with Crippen molar-refractivity contribution in [2.75, 3.05) is 11.4 Å². The number of carbonyl (C=O) groups is 2. The number of hydrogen-bond acceptors (Lipinski definition) is 6. The molecule has 1 fully saturated rings. The normalized spacial score (nSPS) is 14.1. The summed E-state index contributed by atoms with van der Waals surface area (Å²) in [5.41, 5.74) is 0.619. The number of nitrogens with zero attached hydrogens (tertiary/aromatic N) is 1. The lowest BCUT2D eigenvalue weighted by atomic mass is 9.96. The number of aliphatic carboxylic acids is 1. The average Bonchev–Trinajstić information content (AvgIpc) is 2.90. The molecule has 1 saturated carbocycles. The van der Waals surface area contributed by atoms with E-state index in [4.69, 9.17) is 4.74 Å². The van der Waals surface area contributed by atoms with Crippen molar-refractivity contribution in [1.29, 1.82) is 0 Å². The molecular weight excluding hydrogens is 656 g/mol. The van der Waals surface area contributed by atoms with E-state index in [1.807, 2.05) is 0 Å². The Labute approximate surface area is 243 Å². The number of nitrogens with one attached hydrogen (secondary N) is 1. The van der Waals surface area contributed by atoms with Crippen LogP contribution in [0.2, 0.25) is 0 Å². The molecule has 3 N–H and O–H groups in total. The molecule has 1 aliphatic rings. The van der Waals surface area contributed by atoms with Crippen LogP contribution in [0.4, 0.5) is 5.69 Å². The quantitative estimate of drug-likeness (QED) is 0.250. The molecule has 12 heteroatoms. The zero-order chi connectivity index (χ0) is 28.2. The molecule has 39 heavy (non-hydrogen) atoms. The van der Waals surface area contributed by atoms with Crippen molar-refractivity contribution < 1.29 is 33.0 Å². The van der Waals surface area contributed by atoms with Gasteiger partial charge in [-0.2, -0.15) is 0 Å². The van der Waals surface area contributed by atoms with Crippen LogP contribution >= 0.6 is 31.9 Å². The molecule has 3 aromatic rings. The van der Waals surface area contributed by atoms with Gasteiger partial charge in [0.2, 0.25) is 10.0 Å². The van der Waals surface area contributed by atoms with Crippen molar-refractivity contribution in [2.45, 2.75) is 43.0 Å². The molecule has 0 atom stereocenters. The van der Waals surface area contributed by atoms with Gasteiger partial charge in [0.25, 0.3) is 5.91 Å². The fraction of sp³-hybridized carbons (Fsp3) is 0.259. The summed E-state index contributed by atoms with van der Waals surface area (Å²) >= 11 is 6.83. The van der Waals surface area contributed by atoms with Gasteiger partial charge in [0.05, 0.1) is 8.95 Å². The Morgan fingerprint density at radius 3 is 2.23 bits per heavy atom. The van der Waals surface area contributed by atoms with Gasteiger partial charge in [-0.25, -0.2) is 13.1 Å². The summed E-state index contributed by atoms with van der Waals surface area (Å²) in [4.78, 5) is 25.5. The summed E-state index contributed by atoms with van der Waals surface area (Å²) in [6.07, 6.45) is 4.45. The van der Waals surface area contributed by atoms with Crippen LogP contribution in [-0.2, 0) is 14.8 Å². The second-order valence-electron chi connectivity index (χ2n) is 9.08. The van der Waals surface area contributed by atoms with E-state index in [1.165, 1.54) is 30.3 Å². The lowest BCUT2D eigenvalue weighted by Crippen LogP contribution is -2.36. The van der Waals surface area contributed by atoms with Gasteiger partial charge < -0.3 is 14.9 Å². The number of anilines is 1. The third-order valence-corrected chi connectivity index (χ3v) is 8.95. The third kappa shape index (κ3) is 7.18. The lowest BCUT2D eigenvalue weighted by Gasteiger charge is -2.23. The fourth-order valence-electron chi connectivity index (χ4n) is 4.35. The minimum absolute atomic E-state index is 0.147. The van der Waals surface area contributed by atoms with Gasteiger partial charge in [-0.1, -0.05) is 37.5 Å². The van der Waals surface area contributed by atoms with Gasteiger partial charge in [-0.3, -0.25) is 14.5 Å². The number of benzene rings is 3. The SMILES string of the molecule is O=C(O)CN(C(=O)c1ccccc1)c1cc(Br)c(Oc2ccc(O)c(S(=O)(=O)NC3CCCCC3)c2)c(Br)c1. The van der Waals surface area contributed by atoms with Crippen LogP contribution in [0.5, 0.6) is 17.2 Å². The highest BCUT2D eigenvalue weighted by molar-refractivity contribution is 9.11. The fourth-order valence-corrected chi connectivity index (χ4v) is 7.09. The number of aromatic hydroxyl groups is 1. The summed E-state index contributed by atoms with van der Waals surface area (Å²) in [6, 6.07) is 15.1. The molecule has 0 aromatic heterocycles. The maximum atomic E-state index is 13.1. The maximum Gasteiger partial charge on any atom is 0.323 e. The minimum atomic E-state index is -3.99. The highest BCUT2D eigenvalue weighted by Gasteiger charge is 2.26. The molecule has 0 heterocycles. The molecular formula is C27H26Br2N2O7S. The van der Waals surface area contributed by atoms with Gasteiger partial charge >= 0.3 is 5.97 Å². The molecule has 0 bridgehead atoms. The number of sulfonamides is 1. The number of phenols is 1. The topological polar surface area (TPSA) is 133 Å². The van der Waals surface area contributed by atoms with Crippen LogP contribution in [0.15, 0.2) is 74.5 Å². The maximum absolute atomic E-state index is 13.1. The van der Waals surface area contributed by atoms with Gasteiger partial charge in [-0.05, 0) is 81.1 Å². The minimum Gasteiger partial charge on any atom is -0.507 e. The summed E-state index contributed by atoms with van der Waals surface area (Å²) < 4.78 is 35.4. The van der Waals surface area contributed by atoms with E-state index in [1.54, 1.807) is 30.3 Å². The van der Waals surface area contributed by atoms with E-state index >= 15 is 0 Å². The largest absolute Gasteiger partial charge is 0.507 e. The number of rotatable bonds is 9. The molecule has 4 rings (SSSR count). The number of carbonyl (C=O) groups excluding carboxylic acids is 1. The predicted octanol–water partition coefficient (Wildman–Crippen LogP) is 6.05. The predicted molar refractivity (Wildman–Crippen MR) is 153 cm³/mol. The van der Waals surface area contributed by atoms with E-state index in [2.05, 4.69) is 36.6 Å². The van der Waals surface area contributed by atoms with Gasteiger partial charge in [0, 0.05) is 23.4 Å². The van der Waals surface area contributed by atoms with Gasteiger partial charge in [-0.15, -0.1) is 0 Å². The van der Waals surface area contributed by atoms with E-state index in [-0.39, 0.29) is 22.4 Å². The van der Waals surface area contributed by atoms with Crippen LogP contribution in [0.3, 0.4) is 0 Å². The lowest BCUT2D eigenvalue weighted by molar-refractivity contribution is -0.135. The monoisotopic (exact) mass is 680 g/mol. The van der Waals surface area contributed by atoms with Crippen molar-refractivity contribution in [1.82, 2.24) is 4.72 Å². The van der Waals surface area contributed by atoms with Crippen molar-refractivity contribution in [3.05, 3.63) is 75.2 Å². The summed E-state index contributed by atoms with van der Waals surface area (Å²) in [6.45, 7) is -0.569. The van der Waals surface area contributed by atoms with E-state index in [0.717, 1.165) is 37.0 Å². The number of ether oxygens (including phenoxy) is 1. The Balaban J connectivity index is 1.61. The number of halogens is 2. The zero-order valence-electron chi connectivity index (χ0n) is 20.6. The Morgan fingerprint density at radius 2 is 1.62 bits per heavy atom. The van der Waals surface area contributed by atoms with Crippen LogP contribution in [-0.4, -0.2) is 43.1 Å². The summed E-state index contributed by atoms with van der Waals surface area (Å²) in [5, 5.41) is 19.7. The molecule has 1 amide bonds. The van der Waals surface area contributed by atoms with Crippen molar-refractivity contribution in [3.8, 4) is 17.2 Å². The number of carboxylic acid groups (broad SMARTS) is 1. The number of amides is 1. The highest BCUT2D eigenvalue weighted by Crippen LogP contribution is 2.41. The smallest absolute Gasteiger partial charge is 0.323 e. The first-order valence-corrected chi connectivity index (χ1v) is 15.2. The average molecular weight is 682 g/mol. The number of hydrogen-bond donors (Lipinski definition) is 3. The Hall–Kier alpha value is -2.93. The van der Waals surface area contributed by atoms with Crippen LogP contribution in [0.1, 0.15) is 42.5 Å². The Kier molecular flexibility index (Phi) is 9.31. The van der Waals surface area contributed by atoms with Gasteiger partial charge in [0.15, 0.2) is 5.75 Å². The molecule has 206 valence electrons. The van der Waals surface area contributed by atoms with E-state index < -0.39 is 34.2 Å². The molecule has 0 radical (unpaired) electrons. The van der Waals surface area contributed by atoms with E-state index in [9.17, 15) is 28.2 Å². The van der Waals surface area contributed by atoms with Crippen LogP contribution in [0.25, 0.3) is 0 Å². The molecule has 0 aliphatic heterocycles. The number of carboxylic acids is 1. The highest BCUT2D eigenvalue weighted by atomic mass is 79.9. The molecule has 9 nitrogen and oxygen atoms in total. The Bertz CT molecular complexity index is 1450. The molecule has 1 aliphatic carbocycles. The van der Waals surface area contributed by atoms with Crippen molar-refractivity contribution >= 4 is 59.4 Å². The van der Waals surface area contributed by atoms with Crippen LogP contribution in [0, 0.1) is 0 Å². The van der Waals surface area contributed by atoms with Crippen molar-refractivity contribution in [2.24, 2.45) is 0 Å². The second-order valence-corrected chi connectivity index (χ2v) is 12.5. The van der Waals surface area contributed by atoms with Crippen molar-refractivity contribution in [3.63, 3.8) is 0 Å². The molecule has 0 unspecified atom stereocenters. The molecule has 3 aromatic carbocycles. The second kappa shape index (κ2) is 12.5. The molecule has 0 spiro atoms. The van der Waals surface area contributed by atoms with Gasteiger partial charge in [0.1, 0.15) is 22.9 Å².